The molecule has 0 fully saturated rings. The van der Waals surface area contributed by atoms with E-state index >= 15 is 0 Å². The predicted octanol–water partition coefficient (Wildman–Crippen LogP) is 6.61. The maximum absolute atomic E-state index is 11.9. The van der Waals surface area contributed by atoms with Gasteiger partial charge in [0.2, 0.25) is 5.75 Å². The van der Waals surface area contributed by atoms with Crippen LogP contribution in [0.25, 0.3) is 44.6 Å². The molecule has 6 rings (SSSR count). The van der Waals surface area contributed by atoms with Crippen LogP contribution in [-0.2, 0) is 0 Å². The largest absolute Gasteiger partial charge is 0.450 e. The van der Waals surface area contributed by atoms with E-state index in [2.05, 4.69) is 19.9 Å². The van der Waals surface area contributed by atoms with Gasteiger partial charge in [0.1, 0.15) is 5.75 Å². The first kappa shape index (κ1) is 21.3. The number of nitrogens with zero attached hydrogens (tertiary/aromatic N) is 5. The normalized spacial score (nSPS) is 11.0. The second-order valence-corrected chi connectivity index (χ2v) is 8.06. The van der Waals surface area contributed by atoms with Crippen LogP contribution in [0, 0.1) is 10.1 Å². The smallest absolute Gasteiger partial charge is 0.312 e. The lowest BCUT2D eigenvalue weighted by molar-refractivity contribution is -0.385. The fourth-order valence-electron chi connectivity index (χ4n) is 3.94. The lowest BCUT2D eigenvalue weighted by Crippen LogP contribution is -1.96. The van der Waals surface area contributed by atoms with Gasteiger partial charge in [0, 0.05) is 17.2 Å². The molecule has 0 N–H and O–H groups in total. The highest BCUT2D eigenvalue weighted by Crippen LogP contribution is 2.36. The fraction of sp³-hybridized carbons (Fsp3) is 0. The van der Waals surface area contributed by atoms with E-state index in [9.17, 15) is 10.1 Å². The van der Waals surface area contributed by atoms with Gasteiger partial charge >= 0.3 is 5.69 Å². The minimum Gasteiger partial charge on any atom is -0.450 e. The summed E-state index contributed by atoms with van der Waals surface area (Å²) in [4.78, 5) is 29.5. The van der Waals surface area contributed by atoms with Crippen molar-refractivity contribution < 1.29 is 9.66 Å². The third-order valence-corrected chi connectivity index (χ3v) is 5.71. The molecule has 2 heterocycles. The molecule has 6 aromatic rings. The first-order chi connectivity index (χ1) is 17.6. The highest BCUT2D eigenvalue weighted by molar-refractivity contribution is 5.78. The van der Waals surface area contributed by atoms with Gasteiger partial charge in [-0.2, -0.15) is 0 Å². The van der Waals surface area contributed by atoms with Crippen molar-refractivity contribution in [2.45, 2.75) is 0 Å². The number of hydrogen-bond donors (Lipinski definition) is 0. The number of rotatable bonds is 5. The van der Waals surface area contributed by atoms with Crippen molar-refractivity contribution in [2.75, 3.05) is 0 Å². The molecule has 0 aliphatic heterocycles. The van der Waals surface area contributed by atoms with Gasteiger partial charge in [-0.15, -0.1) is 0 Å². The summed E-state index contributed by atoms with van der Waals surface area (Å²) in [7, 11) is 0. The fourth-order valence-corrected chi connectivity index (χ4v) is 3.94. The molecule has 172 valence electrons. The van der Waals surface area contributed by atoms with Crippen molar-refractivity contribution in [3.8, 4) is 34.0 Å². The standard InChI is InChI=1S/C28H17N5O3/c34-33(35)27-15-19(26-17-30-22-9-2-4-11-24(22)32-26)12-13-28(27)36-20-7-5-6-18(14-20)25-16-29-21-8-1-3-10-23(21)31-25/h1-17H. The van der Waals surface area contributed by atoms with Crippen LogP contribution < -0.4 is 4.74 Å². The molecule has 36 heavy (non-hydrogen) atoms. The van der Waals surface area contributed by atoms with Crippen LogP contribution in [0.1, 0.15) is 0 Å². The summed E-state index contributed by atoms with van der Waals surface area (Å²) in [6, 6.07) is 27.1. The molecule has 8 heteroatoms. The van der Waals surface area contributed by atoms with Crippen molar-refractivity contribution in [3.05, 3.63) is 114 Å². The van der Waals surface area contributed by atoms with Crippen LogP contribution in [0.15, 0.2) is 103 Å². The lowest BCUT2D eigenvalue weighted by Gasteiger charge is -2.10. The highest BCUT2D eigenvalue weighted by Gasteiger charge is 2.19. The van der Waals surface area contributed by atoms with Crippen LogP contribution in [0.5, 0.6) is 11.5 Å². The van der Waals surface area contributed by atoms with Gasteiger partial charge in [-0.1, -0.05) is 36.4 Å². The minimum absolute atomic E-state index is 0.124. The average Bonchev–Trinajstić information content (AvgIpc) is 2.93. The maximum Gasteiger partial charge on any atom is 0.312 e. The molecular weight excluding hydrogens is 454 g/mol. The second-order valence-electron chi connectivity index (χ2n) is 8.06. The minimum atomic E-state index is -0.466. The number of para-hydroxylation sites is 4. The number of ether oxygens (including phenoxy) is 1. The summed E-state index contributed by atoms with van der Waals surface area (Å²) in [5.74, 6) is 0.572. The van der Waals surface area contributed by atoms with Crippen molar-refractivity contribution >= 4 is 27.8 Å². The molecule has 0 amide bonds. The number of benzene rings is 4. The Kier molecular flexibility index (Phi) is 5.23. The SMILES string of the molecule is O=[N+]([O-])c1cc(-c2cnc3ccccc3n2)ccc1Oc1cccc(-c2cnc3ccccc3n2)c1. The molecule has 4 aromatic carbocycles. The zero-order valence-corrected chi connectivity index (χ0v) is 18.8. The van der Waals surface area contributed by atoms with Gasteiger partial charge < -0.3 is 4.74 Å². The van der Waals surface area contributed by atoms with E-state index in [1.165, 1.54) is 6.07 Å². The first-order valence-corrected chi connectivity index (χ1v) is 11.1. The van der Waals surface area contributed by atoms with Crippen LogP contribution in [0.4, 0.5) is 5.69 Å². The van der Waals surface area contributed by atoms with Crippen molar-refractivity contribution in [1.29, 1.82) is 0 Å². The van der Waals surface area contributed by atoms with E-state index in [0.717, 1.165) is 22.1 Å². The Morgan fingerprint density at radius 1 is 0.639 bits per heavy atom. The zero-order valence-electron chi connectivity index (χ0n) is 18.8. The van der Waals surface area contributed by atoms with Crippen LogP contribution >= 0.6 is 0 Å². The summed E-state index contributed by atoms with van der Waals surface area (Å²) in [6.45, 7) is 0. The Bertz CT molecular complexity index is 1770. The van der Waals surface area contributed by atoms with Gasteiger partial charge in [0.25, 0.3) is 0 Å². The highest BCUT2D eigenvalue weighted by atomic mass is 16.6. The summed E-state index contributed by atoms with van der Waals surface area (Å²) in [6.07, 6.45) is 3.30. The lowest BCUT2D eigenvalue weighted by atomic mass is 10.1. The molecule has 8 nitrogen and oxygen atoms in total. The summed E-state index contributed by atoms with van der Waals surface area (Å²) in [5, 5.41) is 11.9. The average molecular weight is 471 g/mol. The zero-order chi connectivity index (χ0) is 24.5. The molecule has 0 saturated carbocycles. The maximum atomic E-state index is 11.9. The number of fused-ring (bicyclic) bond motifs is 2. The molecule has 2 aromatic heterocycles. The van der Waals surface area contributed by atoms with E-state index in [0.29, 0.717) is 28.2 Å². The first-order valence-electron chi connectivity index (χ1n) is 11.1. The molecule has 0 radical (unpaired) electrons. The third-order valence-electron chi connectivity index (χ3n) is 5.71. The molecule has 0 aliphatic carbocycles. The third kappa shape index (κ3) is 4.07. The number of aromatic nitrogens is 4. The summed E-state index contributed by atoms with van der Waals surface area (Å²) < 4.78 is 5.96. The monoisotopic (exact) mass is 471 g/mol. The molecule has 0 atom stereocenters. The number of nitro benzene ring substituents is 1. The van der Waals surface area contributed by atoms with Crippen LogP contribution in [0.2, 0.25) is 0 Å². The Hall–Kier alpha value is -5.24. The Morgan fingerprint density at radius 2 is 1.22 bits per heavy atom. The van der Waals surface area contributed by atoms with Gasteiger partial charge in [-0.3, -0.25) is 20.1 Å². The second kappa shape index (κ2) is 8.84. The van der Waals surface area contributed by atoms with Gasteiger partial charge in [0.05, 0.1) is 50.8 Å². The molecule has 0 bridgehead atoms. The topological polar surface area (TPSA) is 104 Å². The molecule has 0 unspecified atom stereocenters. The van der Waals surface area contributed by atoms with Crippen LogP contribution in [-0.4, -0.2) is 24.9 Å². The number of hydrogen-bond acceptors (Lipinski definition) is 7. The van der Waals surface area contributed by atoms with E-state index in [4.69, 9.17) is 4.74 Å². The van der Waals surface area contributed by atoms with E-state index < -0.39 is 4.92 Å². The van der Waals surface area contributed by atoms with E-state index in [-0.39, 0.29) is 11.4 Å². The van der Waals surface area contributed by atoms with E-state index in [1.807, 2.05) is 60.7 Å². The predicted molar refractivity (Wildman–Crippen MR) is 137 cm³/mol. The Balaban J connectivity index is 1.33. The van der Waals surface area contributed by atoms with Gasteiger partial charge in [-0.05, 0) is 48.5 Å². The number of nitro groups is 1. The van der Waals surface area contributed by atoms with Crippen molar-refractivity contribution in [1.82, 2.24) is 19.9 Å². The summed E-state index contributed by atoms with van der Waals surface area (Å²) >= 11 is 0. The van der Waals surface area contributed by atoms with Gasteiger partial charge in [0.15, 0.2) is 0 Å². The van der Waals surface area contributed by atoms with Crippen LogP contribution in [0.3, 0.4) is 0 Å². The molecule has 0 spiro atoms. The quantitative estimate of drug-likeness (QED) is 0.206. The van der Waals surface area contributed by atoms with Gasteiger partial charge in [-0.25, -0.2) is 9.97 Å². The van der Waals surface area contributed by atoms with Crippen molar-refractivity contribution in [3.63, 3.8) is 0 Å². The van der Waals surface area contributed by atoms with Crippen molar-refractivity contribution in [2.24, 2.45) is 0 Å². The summed E-state index contributed by atoms with van der Waals surface area (Å²) in [5.41, 5.74) is 5.48. The van der Waals surface area contributed by atoms with E-state index in [1.54, 1.807) is 36.7 Å². The Morgan fingerprint density at radius 3 is 1.83 bits per heavy atom. The Labute approximate surface area is 205 Å². The molecular formula is C28H17N5O3. The molecule has 0 aliphatic rings. The molecule has 0 saturated heterocycles.